The second-order valence-corrected chi connectivity index (χ2v) is 13.7. The van der Waals surface area contributed by atoms with Crippen molar-refractivity contribution in [1.29, 1.82) is 0 Å². The minimum Gasteiger partial charge on any atom is -0.380 e. The molecule has 2 fully saturated rings. The summed E-state index contributed by atoms with van der Waals surface area (Å²) in [5.74, 6) is 4.12. The number of hydrogen-bond acceptors (Lipinski definition) is 6. The van der Waals surface area contributed by atoms with Crippen molar-refractivity contribution in [3.63, 3.8) is 0 Å². The summed E-state index contributed by atoms with van der Waals surface area (Å²) in [5, 5.41) is 0. The Morgan fingerprint density at radius 2 is 1.14 bits per heavy atom. The summed E-state index contributed by atoms with van der Waals surface area (Å²) < 4.78 is 46.6. The zero-order valence-corrected chi connectivity index (χ0v) is 15.2. The molecule has 0 bridgehead atoms. The SMILES string of the molecule is CCS1(OS(=O)(=O)OS2(CC)CCOCC2)CCOCC1. The molecule has 2 saturated heterocycles. The topological polar surface area (TPSA) is 71.1 Å². The molecule has 2 aliphatic rings. The predicted octanol–water partition coefficient (Wildman–Crippen LogP) is 1.80. The van der Waals surface area contributed by atoms with E-state index in [1.54, 1.807) is 0 Å². The van der Waals surface area contributed by atoms with Gasteiger partial charge in [0.25, 0.3) is 0 Å². The van der Waals surface area contributed by atoms with E-state index in [2.05, 4.69) is 0 Å². The lowest BCUT2D eigenvalue weighted by atomic mass is 10.8. The lowest BCUT2D eigenvalue weighted by molar-refractivity contribution is 0.155. The zero-order chi connectivity index (χ0) is 15.4. The molecule has 0 spiro atoms. The fourth-order valence-electron chi connectivity index (χ4n) is 2.43. The number of ether oxygens (including phenoxy) is 2. The minimum atomic E-state index is -3.96. The van der Waals surface area contributed by atoms with Gasteiger partial charge in [0, 0.05) is 23.0 Å². The molecule has 128 valence electrons. The molecule has 0 saturated carbocycles. The van der Waals surface area contributed by atoms with Crippen molar-refractivity contribution in [2.24, 2.45) is 0 Å². The molecule has 0 atom stereocenters. The van der Waals surface area contributed by atoms with E-state index in [0.29, 0.717) is 49.4 Å². The minimum absolute atomic E-state index is 0.568. The van der Waals surface area contributed by atoms with Gasteiger partial charge in [-0.2, -0.15) is 15.7 Å². The van der Waals surface area contributed by atoms with Gasteiger partial charge in [-0.15, -0.1) is 20.6 Å². The molecule has 0 aromatic heterocycles. The Hall–Kier alpha value is 0.490. The molecule has 0 aromatic rings. The Labute approximate surface area is 131 Å². The molecular formula is C12H26O6S3. The summed E-state index contributed by atoms with van der Waals surface area (Å²) in [6.45, 7) is 6.23. The molecule has 0 radical (unpaired) electrons. The highest BCUT2D eigenvalue weighted by molar-refractivity contribution is 8.35. The standard InChI is InChI=1S/C12H26O6S3/c1-3-19(9-5-15-6-10-19)17-21(13,14)18-20(4-2)11-7-16-8-12-20/h3-12H2,1-2H3. The first-order valence-corrected chi connectivity index (χ1v) is 12.8. The van der Waals surface area contributed by atoms with Gasteiger partial charge >= 0.3 is 10.4 Å². The molecule has 2 heterocycles. The van der Waals surface area contributed by atoms with Gasteiger partial charge in [0.1, 0.15) is 0 Å². The van der Waals surface area contributed by atoms with Crippen molar-refractivity contribution in [2.45, 2.75) is 13.8 Å². The van der Waals surface area contributed by atoms with Crippen LogP contribution in [0.3, 0.4) is 0 Å². The Kier molecular flexibility index (Phi) is 6.26. The summed E-state index contributed by atoms with van der Waals surface area (Å²) in [5.41, 5.74) is 0. The molecule has 0 N–H and O–H groups in total. The Morgan fingerprint density at radius 1 is 0.810 bits per heavy atom. The van der Waals surface area contributed by atoms with E-state index in [4.69, 9.17) is 16.7 Å². The molecule has 2 rings (SSSR count). The fourth-order valence-corrected chi connectivity index (χ4v) is 10.7. The lowest BCUT2D eigenvalue weighted by Gasteiger charge is -2.43. The van der Waals surface area contributed by atoms with Gasteiger partial charge in [-0.25, -0.2) is 0 Å². The van der Waals surface area contributed by atoms with Gasteiger partial charge in [0.05, 0.1) is 26.4 Å². The van der Waals surface area contributed by atoms with Crippen LogP contribution < -0.4 is 0 Å². The van der Waals surface area contributed by atoms with Crippen LogP contribution in [0.4, 0.5) is 0 Å². The van der Waals surface area contributed by atoms with Crippen LogP contribution in [0.15, 0.2) is 0 Å². The van der Waals surface area contributed by atoms with Crippen LogP contribution in [-0.4, -0.2) is 69.4 Å². The van der Waals surface area contributed by atoms with E-state index in [-0.39, 0.29) is 0 Å². The normalized spacial score (nSPS) is 28.7. The first kappa shape index (κ1) is 17.8. The van der Waals surface area contributed by atoms with Crippen molar-refractivity contribution in [1.82, 2.24) is 0 Å². The quantitative estimate of drug-likeness (QED) is 0.717. The Bertz CT molecular complexity index is 392. The van der Waals surface area contributed by atoms with E-state index >= 15 is 0 Å². The Morgan fingerprint density at radius 3 is 1.43 bits per heavy atom. The van der Waals surface area contributed by atoms with Crippen LogP contribution in [0.2, 0.25) is 0 Å². The average Bonchev–Trinajstić information content (AvgIpc) is 2.48. The smallest absolute Gasteiger partial charge is 0.380 e. The van der Waals surface area contributed by atoms with E-state index in [0.717, 1.165) is 11.5 Å². The highest BCUT2D eigenvalue weighted by Gasteiger charge is 2.38. The number of hydrogen-bond donors (Lipinski definition) is 0. The molecular weight excluding hydrogens is 336 g/mol. The summed E-state index contributed by atoms with van der Waals surface area (Å²) in [6.07, 6.45) is 0. The van der Waals surface area contributed by atoms with Crippen molar-refractivity contribution < 1.29 is 25.2 Å². The third kappa shape index (κ3) is 4.73. The van der Waals surface area contributed by atoms with Crippen LogP contribution in [0.25, 0.3) is 0 Å². The maximum Gasteiger partial charge on any atom is 0.418 e. The molecule has 0 aromatic carbocycles. The molecule has 21 heavy (non-hydrogen) atoms. The molecule has 2 aliphatic heterocycles. The predicted molar refractivity (Wildman–Crippen MR) is 88.5 cm³/mol. The second-order valence-electron chi connectivity index (χ2n) is 5.09. The monoisotopic (exact) mass is 362 g/mol. The molecule has 0 aliphatic carbocycles. The highest BCUT2D eigenvalue weighted by Crippen LogP contribution is 2.56. The van der Waals surface area contributed by atoms with Crippen LogP contribution >= 0.6 is 20.6 Å². The largest absolute Gasteiger partial charge is 0.418 e. The highest BCUT2D eigenvalue weighted by atomic mass is 32.4. The van der Waals surface area contributed by atoms with E-state index < -0.39 is 31.0 Å². The van der Waals surface area contributed by atoms with Crippen LogP contribution in [0, 0.1) is 0 Å². The van der Waals surface area contributed by atoms with Crippen LogP contribution in [0.5, 0.6) is 0 Å². The lowest BCUT2D eigenvalue weighted by Crippen LogP contribution is -2.32. The first-order valence-electron chi connectivity index (χ1n) is 7.30. The van der Waals surface area contributed by atoms with Crippen molar-refractivity contribution in [3.05, 3.63) is 0 Å². The summed E-state index contributed by atoms with van der Waals surface area (Å²) in [4.78, 5) is 0. The number of rotatable bonds is 6. The van der Waals surface area contributed by atoms with Crippen molar-refractivity contribution in [2.75, 3.05) is 60.9 Å². The molecule has 9 heteroatoms. The van der Waals surface area contributed by atoms with Crippen molar-refractivity contribution >= 4 is 31.0 Å². The van der Waals surface area contributed by atoms with Gasteiger partial charge in [-0.05, 0) is 11.5 Å². The van der Waals surface area contributed by atoms with Gasteiger partial charge in [0.15, 0.2) is 0 Å². The molecule has 0 unspecified atom stereocenters. The third-order valence-corrected chi connectivity index (χ3v) is 13.3. The van der Waals surface area contributed by atoms with Crippen molar-refractivity contribution in [3.8, 4) is 0 Å². The van der Waals surface area contributed by atoms with E-state index in [1.807, 2.05) is 13.8 Å². The average molecular weight is 363 g/mol. The van der Waals surface area contributed by atoms with Crippen LogP contribution in [0.1, 0.15) is 13.8 Å². The van der Waals surface area contributed by atoms with Gasteiger partial charge in [-0.1, -0.05) is 13.8 Å². The van der Waals surface area contributed by atoms with Crippen LogP contribution in [-0.2, 0) is 27.1 Å². The van der Waals surface area contributed by atoms with Gasteiger partial charge in [-0.3, -0.25) is 0 Å². The van der Waals surface area contributed by atoms with Gasteiger partial charge in [0.2, 0.25) is 0 Å². The van der Waals surface area contributed by atoms with E-state index in [1.165, 1.54) is 0 Å². The van der Waals surface area contributed by atoms with Gasteiger partial charge < -0.3 is 9.47 Å². The first-order chi connectivity index (χ1) is 9.95. The Balaban J connectivity index is 2.06. The zero-order valence-electron chi connectivity index (χ0n) is 12.7. The second kappa shape index (κ2) is 7.37. The fraction of sp³-hybridized carbons (Fsp3) is 1.00. The summed E-state index contributed by atoms with van der Waals surface area (Å²) >= 11 is 0. The molecule has 0 amide bonds. The molecule has 6 nitrogen and oxygen atoms in total. The maximum atomic E-state index is 12.4. The maximum absolute atomic E-state index is 12.4. The summed E-state index contributed by atoms with van der Waals surface area (Å²) in [7, 11) is -7.23. The van der Waals surface area contributed by atoms with E-state index in [9.17, 15) is 8.42 Å². The third-order valence-electron chi connectivity index (χ3n) is 3.91. The summed E-state index contributed by atoms with van der Waals surface area (Å²) in [6, 6.07) is 0.